The van der Waals surface area contributed by atoms with Crippen molar-refractivity contribution >= 4 is 17.3 Å². The number of amides is 1. The minimum absolute atomic E-state index is 0.0395. The summed E-state index contributed by atoms with van der Waals surface area (Å²) in [5, 5.41) is 14.9. The number of carbonyl (C=O) groups is 1. The van der Waals surface area contributed by atoms with Crippen LogP contribution in [0.2, 0.25) is 0 Å². The zero-order chi connectivity index (χ0) is 19.1. The molecule has 0 saturated heterocycles. The second kappa shape index (κ2) is 8.75. The molecular formula is C19H21N3O4. The van der Waals surface area contributed by atoms with E-state index in [0.717, 1.165) is 5.56 Å². The van der Waals surface area contributed by atoms with Crippen molar-refractivity contribution in [2.45, 2.75) is 26.7 Å². The highest BCUT2D eigenvalue weighted by atomic mass is 16.6. The van der Waals surface area contributed by atoms with Crippen molar-refractivity contribution in [1.29, 1.82) is 0 Å². The third kappa shape index (κ3) is 5.14. The van der Waals surface area contributed by atoms with Crippen LogP contribution in [0.4, 0.5) is 5.69 Å². The van der Waals surface area contributed by atoms with Crippen molar-refractivity contribution in [2.75, 3.05) is 6.61 Å². The van der Waals surface area contributed by atoms with E-state index in [0.29, 0.717) is 11.6 Å². The molecule has 7 heteroatoms. The van der Waals surface area contributed by atoms with Gasteiger partial charge in [0.1, 0.15) is 0 Å². The first kappa shape index (κ1) is 19.1. The van der Waals surface area contributed by atoms with E-state index in [4.69, 9.17) is 4.74 Å². The highest BCUT2D eigenvalue weighted by Gasteiger charge is 2.14. The number of benzene rings is 2. The Balaban J connectivity index is 1.93. The molecule has 0 atom stereocenters. The molecule has 0 spiro atoms. The number of rotatable bonds is 7. The van der Waals surface area contributed by atoms with Gasteiger partial charge in [-0.3, -0.25) is 14.9 Å². The maximum absolute atomic E-state index is 11.9. The van der Waals surface area contributed by atoms with Crippen molar-refractivity contribution < 1.29 is 14.5 Å². The molecule has 0 aliphatic rings. The third-order valence-electron chi connectivity index (χ3n) is 3.76. The fourth-order valence-corrected chi connectivity index (χ4v) is 2.23. The number of nitro benzene ring substituents is 1. The monoisotopic (exact) mass is 355 g/mol. The van der Waals surface area contributed by atoms with Gasteiger partial charge in [0, 0.05) is 6.07 Å². The van der Waals surface area contributed by atoms with E-state index in [1.54, 1.807) is 13.0 Å². The number of para-hydroxylation sites is 2. The number of nitrogens with one attached hydrogen (secondary N) is 1. The van der Waals surface area contributed by atoms with E-state index >= 15 is 0 Å². The average molecular weight is 355 g/mol. The Morgan fingerprint density at radius 1 is 1.19 bits per heavy atom. The van der Waals surface area contributed by atoms with Crippen LogP contribution in [0.25, 0.3) is 0 Å². The van der Waals surface area contributed by atoms with Crippen LogP contribution in [-0.2, 0) is 4.79 Å². The Labute approximate surface area is 151 Å². The SMILES string of the molecule is C/C(=N\NC(=O)COc1ccccc1[N+](=O)[O-])c1ccc(C(C)C)cc1. The van der Waals surface area contributed by atoms with Crippen LogP contribution >= 0.6 is 0 Å². The molecule has 0 aromatic heterocycles. The molecule has 2 aromatic rings. The van der Waals surface area contributed by atoms with Crippen LogP contribution in [0.3, 0.4) is 0 Å². The molecule has 0 heterocycles. The first-order valence-electron chi connectivity index (χ1n) is 8.18. The number of ether oxygens (including phenoxy) is 1. The number of nitro groups is 1. The molecule has 0 aliphatic carbocycles. The molecule has 1 amide bonds. The molecule has 136 valence electrons. The Morgan fingerprint density at radius 3 is 2.46 bits per heavy atom. The lowest BCUT2D eigenvalue weighted by molar-refractivity contribution is -0.385. The number of hydrogen-bond acceptors (Lipinski definition) is 5. The Kier molecular flexibility index (Phi) is 6.43. The van der Waals surface area contributed by atoms with Gasteiger partial charge in [-0.05, 0) is 30.0 Å². The summed E-state index contributed by atoms with van der Waals surface area (Å²) in [7, 11) is 0. The van der Waals surface area contributed by atoms with Crippen LogP contribution in [0.5, 0.6) is 5.75 Å². The molecule has 7 nitrogen and oxygen atoms in total. The minimum atomic E-state index is -0.559. The summed E-state index contributed by atoms with van der Waals surface area (Å²) in [6.07, 6.45) is 0. The molecule has 0 unspecified atom stereocenters. The van der Waals surface area contributed by atoms with Gasteiger partial charge in [0.15, 0.2) is 12.4 Å². The Hall–Kier alpha value is -3.22. The molecule has 2 aromatic carbocycles. The van der Waals surface area contributed by atoms with Crippen LogP contribution in [0, 0.1) is 10.1 Å². The van der Waals surface area contributed by atoms with Gasteiger partial charge in [-0.25, -0.2) is 5.43 Å². The standard InChI is InChI=1S/C19H21N3O4/c1-13(2)15-8-10-16(11-9-15)14(3)20-21-19(23)12-26-18-7-5-4-6-17(18)22(24)25/h4-11,13H,12H2,1-3H3,(H,21,23)/b20-14+. The van der Waals surface area contributed by atoms with Gasteiger partial charge in [-0.2, -0.15) is 5.10 Å². The zero-order valence-electron chi connectivity index (χ0n) is 14.9. The van der Waals surface area contributed by atoms with Crippen molar-refractivity contribution in [3.8, 4) is 5.75 Å². The summed E-state index contributed by atoms with van der Waals surface area (Å²) in [6.45, 7) is 5.65. The molecule has 26 heavy (non-hydrogen) atoms. The molecule has 0 aliphatic heterocycles. The number of carbonyl (C=O) groups excluding carboxylic acids is 1. The molecular weight excluding hydrogens is 334 g/mol. The lowest BCUT2D eigenvalue weighted by Crippen LogP contribution is -2.25. The van der Waals surface area contributed by atoms with Gasteiger partial charge in [0.25, 0.3) is 5.91 Å². The number of hydrazone groups is 1. The fraction of sp³-hybridized carbons (Fsp3) is 0.263. The van der Waals surface area contributed by atoms with Crippen LogP contribution in [0.1, 0.15) is 37.8 Å². The molecule has 0 bridgehead atoms. The molecule has 0 saturated carbocycles. The third-order valence-corrected chi connectivity index (χ3v) is 3.76. The maximum Gasteiger partial charge on any atom is 0.310 e. The molecule has 1 N–H and O–H groups in total. The first-order valence-corrected chi connectivity index (χ1v) is 8.18. The summed E-state index contributed by atoms with van der Waals surface area (Å²) >= 11 is 0. The molecule has 2 rings (SSSR count). The first-order chi connectivity index (χ1) is 12.4. The molecule has 0 radical (unpaired) electrons. The predicted octanol–water partition coefficient (Wildman–Crippen LogP) is 3.64. The second-order valence-corrected chi connectivity index (χ2v) is 6.02. The number of nitrogens with zero attached hydrogens (tertiary/aromatic N) is 2. The lowest BCUT2D eigenvalue weighted by Gasteiger charge is -2.08. The zero-order valence-corrected chi connectivity index (χ0v) is 14.9. The minimum Gasteiger partial charge on any atom is -0.477 e. The Bertz CT molecular complexity index is 814. The summed E-state index contributed by atoms with van der Waals surface area (Å²) in [5.74, 6) is -0.0147. The van der Waals surface area contributed by atoms with Gasteiger partial charge in [-0.15, -0.1) is 0 Å². The highest BCUT2D eigenvalue weighted by Crippen LogP contribution is 2.25. The van der Waals surface area contributed by atoms with E-state index in [-0.39, 0.29) is 18.0 Å². The summed E-state index contributed by atoms with van der Waals surface area (Å²) in [5.41, 5.74) is 4.98. The Morgan fingerprint density at radius 2 is 1.85 bits per heavy atom. The van der Waals surface area contributed by atoms with E-state index in [1.165, 1.54) is 23.8 Å². The van der Waals surface area contributed by atoms with Crippen molar-refractivity contribution in [3.05, 3.63) is 69.8 Å². The van der Waals surface area contributed by atoms with Gasteiger partial charge >= 0.3 is 5.69 Å². The van der Waals surface area contributed by atoms with E-state index in [1.807, 2.05) is 24.3 Å². The van der Waals surface area contributed by atoms with Gasteiger partial charge < -0.3 is 4.74 Å². The van der Waals surface area contributed by atoms with Gasteiger partial charge in [0.05, 0.1) is 10.6 Å². The van der Waals surface area contributed by atoms with Crippen LogP contribution in [-0.4, -0.2) is 23.1 Å². The van der Waals surface area contributed by atoms with Gasteiger partial charge in [0.2, 0.25) is 0 Å². The van der Waals surface area contributed by atoms with Crippen molar-refractivity contribution in [2.24, 2.45) is 5.10 Å². The fourth-order valence-electron chi connectivity index (χ4n) is 2.23. The topological polar surface area (TPSA) is 93.8 Å². The van der Waals surface area contributed by atoms with Crippen molar-refractivity contribution in [1.82, 2.24) is 5.43 Å². The maximum atomic E-state index is 11.9. The summed E-state index contributed by atoms with van der Waals surface area (Å²) < 4.78 is 5.22. The van der Waals surface area contributed by atoms with E-state index < -0.39 is 10.8 Å². The molecule has 0 fully saturated rings. The summed E-state index contributed by atoms with van der Waals surface area (Å²) in [6, 6.07) is 13.8. The van der Waals surface area contributed by atoms with E-state index in [2.05, 4.69) is 24.4 Å². The lowest BCUT2D eigenvalue weighted by atomic mass is 10.0. The smallest absolute Gasteiger partial charge is 0.310 e. The van der Waals surface area contributed by atoms with Gasteiger partial charge in [-0.1, -0.05) is 50.2 Å². The second-order valence-electron chi connectivity index (χ2n) is 6.02. The van der Waals surface area contributed by atoms with Crippen molar-refractivity contribution in [3.63, 3.8) is 0 Å². The van der Waals surface area contributed by atoms with Crippen LogP contribution < -0.4 is 10.2 Å². The summed E-state index contributed by atoms with van der Waals surface area (Å²) in [4.78, 5) is 22.2. The quantitative estimate of drug-likeness (QED) is 0.466. The van der Waals surface area contributed by atoms with Crippen LogP contribution in [0.15, 0.2) is 53.6 Å². The average Bonchev–Trinajstić information content (AvgIpc) is 2.64. The van der Waals surface area contributed by atoms with E-state index in [9.17, 15) is 14.9 Å². The predicted molar refractivity (Wildman–Crippen MR) is 99.5 cm³/mol. The highest BCUT2D eigenvalue weighted by molar-refractivity contribution is 5.99. The largest absolute Gasteiger partial charge is 0.477 e. The number of hydrogen-bond donors (Lipinski definition) is 1. The normalized spacial score (nSPS) is 11.3.